The Morgan fingerprint density at radius 2 is 1.82 bits per heavy atom. The van der Waals surface area contributed by atoms with Gasteiger partial charge in [-0.25, -0.2) is 0 Å². The average molecular weight is 329 g/mol. The molecule has 126 valence electrons. The van der Waals surface area contributed by atoms with E-state index in [9.17, 15) is 9.90 Å². The Morgan fingerprint density at radius 1 is 1.27 bits per heavy atom. The zero-order chi connectivity index (χ0) is 16.0. The molecule has 4 nitrogen and oxygen atoms in total. The molecule has 1 rings (SSSR count). The van der Waals surface area contributed by atoms with Gasteiger partial charge in [0.05, 0.1) is 6.04 Å². The molecule has 0 aromatic heterocycles. The highest BCUT2D eigenvalue weighted by Crippen LogP contribution is 2.34. The lowest BCUT2D eigenvalue weighted by Gasteiger charge is -2.33. The molecule has 1 aromatic carbocycles. The SMILES string of the molecule is CC(C)[C@H](N)C(=O)NCC(c1ccccc1)C(C)(C)CO.Cl. The molecule has 0 saturated heterocycles. The Bertz CT molecular complexity index is 449. The Hall–Kier alpha value is -1.10. The van der Waals surface area contributed by atoms with Crippen LogP contribution in [0, 0.1) is 11.3 Å². The van der Waals surface area contributed by atoms with Crippen molar-refractivity contribution in [3.05, 3.63) is 35.9 Å². The smallest absolute Gasteiger partial charge is 0.237 e. The fraction of sp³-hybridized carbons (Fsp3) is 0.588. The summed E-state index contributed by atoms with van der Waals surface area (Å²) in [6, 6.07) is 9.45. The number of nitrogens with one attached hydrogen (secondary N) is 1. The van der Waals surface area contributed by atoms with Crippen LogP contribution >= 0.6 is 12.4 Å². The molecule has 5 heteroatoms. The van der Waals surface area contributed by atoms with Crippen LogP contribution in [0.25, 0.3) is 0 Å². The summed E-state index contributed by atoms with van der Waals surface area (Å²) in [5.41, 5.74) is 6.65. The molecule has 0 bridgehead atoms. The molecule has 0 heterocycles. The Balaban J connectivity index is 0.00000441. The number of aliphatic hydroxyl groups excluding tert-OH is 1. The number of carbonyl (C=O) groups is 1. The molecular weight excluding hydrogens is 300 g/mol. The lowest BCUT2D eigenvalue weighted by atomic mass is 9.75. The third-order valence-electron chi connectivity index (χ3n) is 4.05. The first-order chi connectivity index (χ1) is 9.79. The van der Waals surface area contributed by atoms with Gasteiger partial charge in [-0.3, -0.25) is 4.79 Å². The number of carbonyl (C=O) groups excluding carboxylic acids is 1. The molecule has 4 N–H and O–H groups in total. The highest BCUT2D eigenvalue weighted by atomic mass is 35.5. The molecule has 1 amide bonds. The summed E-state index contributed by atoms with van der Waals surface area (Å²) in [6.07, 6.45) is 0. The topological polar surface area (TPSA) is 75.4 Å². The number of hydrogen-bond acceptors (Lipinski definition) is 3. The van der Waals surface area contributed by atoms with Gasteiger partial charge in [-0.15, -0.1) is 12.4 Å². The van der Waals surface area contributed by atoms with Crippen molar-refractivity contribution in [2.75, 3.05) is 13.2 Å². The molecule has 0 fully saturated rings. The van der Waals surface area contributed by atoms with Crippen molar-refractivity contribution in [1.29, 1.82) is 0 Å². The van der Waals surface area contributed by atoms with E-state index >= 15 is 0 Å². The number of halogens is 1. The van der Waals surface area contributed by atoms with Crippen molar-refractivity contribution in [3.8, 4) is 0 Å². The summed E-state index contributed by atoms with van der Waals surface area (Å²) >= 11 is 0. The van der Waals surface area contributed by atoms with Crippen LogP contribution in [0.1, 0.15) is 39.2 Å². The summed E-state index contributed by atoms with van der Waals surface area (Å²) in [5, 5.41) is 12.6. The van der Waals surface area contributed by atoms with Gasteiger partial charge < -0.3 is 16.2 Å². The monoisotopic (exact) mass is 328 g/mol. The van der Waals surface area contributed by atoms with Gasteiger partial charge in [-0.1, -0.05) is 58.0 Å². The maximum absolute atomic E-state index is 12.0. The molecule has 0 aliphatic heterocycles. The number of rotatable bonds is 7. The van der Waals surface area contributed by atoms with E-state index in [1.807, 2.05) is 58.0 Å². The first-order valence-electron chi connectivity index (χ1n) is 7.48. The van der Waals surface area contributed by atoms with Gasteiger partial charge in [-0.2, -0.15) is 0 Å². The number of nitrogens with two attached hydrogens (primary N) is 1. The van der Waals surface area contributed by atoms with E-state index in [1.54, 1.807) is 0 Å². The molecule has 22 heavy (non-hydrogen) atoms. The van der Waals surface area contributed by atoms with Gasteiger partial charge in [0.1, 0.15) is 0 Å². The molecule has 0 spiro atoms. The third-order valence-corrected chi connectivity index (χ3v) is 4.05. The minimum Gasteiger partial charge on any atom is -0.396 e. The van der Waals surface area contributed by atoms with Crippen LogP contribution in [0.15, 0.2) is 30.3 Å². The summed E-state index contributed by atoms with van der Waals surface area (Å²) in [7, 11) is 0. The number of hydrogen-bond donors (Lipinski definition) is 3. The molecule has 0 saturated carbocycles. The van der Waals surface area contributed by atoms with Crippen LogP contribution in [-0.2, 0) is 4.79 Å². The highest BCUT2D eigenvalue weighted by molar-refractivity contribution is 5.85. The van der Waals surface area contributed by atoms with Crippen molar-refractivity contribution >= 4 is 18.3 Å². The van der Waals surface area contributed by atoms with Crippen LogP contribution < -0.4 is 11.1 Å². The third kappa shape index (κ3) is 5.59. The van der Waals surface area contributed by atoms with Crippen LogP contribution in [0.4, 0.5) is 0 Å². The molecule has 0 radical (unpaired) electrons. The zero-order valence-electron chi connectivity index (χ0n) is 13.9. The number of amides is 1. The number of benzene rings is 1. The molecule has 1 aromatic rings. The Kier molecular flexibility index (Phi) is 8.68. The predicted octanol–water partition coefficient (Wildman–Crippen LogP) is 2.31. The predicted molar refractivity (Wildman–Crippen MR) is 93.1 cm³/mol. The van der Waals surface area contributed by atoms with E-state index in [1.165, 1.54) is 0 Å². The van der Waals surface area contributed by atoms with Gasteiger partial charge in [0, 0.05) is 19.1 Å². The van der Waals surface area contributed by atoms with Gasteiger partial charge in [0.2, 0.25) is 5.91 Å². The second-order valence-electron chi connectivity index (χ2n) is 6.62. The van der Waals surface area contributed by atoms with E-state index < -0.39 is 6.04 Å². The molecule has 2 atom stereocenters. The molecular formula is C17H29ClN2O2. The van der Waals surface area contributed by atoms with Crippen molar-refractivity contribution in [3.63, 3.8) is 0 Å². The number of aliphatic hydroxyl groups is 1. The largest absolute Gasteiger partial charge is 0.396 e. The van der Waals surface area contributed by atoms with Gasteiger partial charge in [0.15, 0.2) is 0 Å². The van der Waals surface area contributed by atoms with Crippen molar-refractivity contribution < 1.29 is 9.90 Å². The van der Waals surface area contributed by atoms with Crippen LogP contribution in [0.2, 0.25) is 0 Å². The summed E-state index contributed by atoms with van der Waals surface area (Å²) in [5.74, 6) is -0.00212. The fourth-order valence-corrected chi connectivity index (χ4v) is 2.26. The van der Waals surface area contributed by atoms with Crippen LogP contribution in [0.5, 0.6) is 0 Å². The zero-order valence-corrected chi connectivity index (χ0v) is 14.7. The van der Waals surface area contributed by atoms with Gasteiger partial charge in [0.25, 0.3) is 0 Å². The Labute approximate surface area is 139 Å². The fourth-order valence-electron chi connectivity index (χ4n) is 2.26. The summed E-state index contributed by atoms with van der Waals surface area (Å²) in [4.78, 5) is 12.0. The summed E-state index contributed by atoms with van der Waals surface area (Å²) < 4.78 is 0. The van der Waals surface area contributed by atoms with Gasteiger partial charge >= 0.3 is 0 Å². The van der Waals surface area contributed by atoms with E-state index in [4.69, 9.17) is 5.73 Å². The van der Waals surface area contributed by atoms with Crippen LogP contribution in [-0.4, -0.2) is 30.2 Å². The standard InChI is InChI=1S/C17H28N2O2.ClH/c1-12(2)15(18)16(21)19-10-14(17(3,4)11-20)13-8-6-5-7-9-13;/h5-9,12,14-15,20H,10-11,18H2,1-4H3,(H,19,21);1H/t14?,15-;/m0./s1. The quantitative estimate of drug-likeness (QED) is 0.719. The van der Waals surface area contributed by atoms with Crippen LogP contribution in [0.3, 0.4) is 0 Å². The maximum Gasteiger partial charge on any atom is 0.237 e. The maximum atomic E-state index is 12.0. The van der Waals surface area contributed by atoms with E-state index in [0.717, 1.165) is 5.56 Å². The first kappa shape index (κ1) is 20.9. The van der Waals surface area contributed by atoms with E-state index in [-0.39, 0.29) is 42.2 Å². The van der Waals surface area contributed by atoms with Gasteiger partial charge in [-0.05, 0) is 16.9 Å². The molecule has 1 unspecified atom stereocenters. The second-order valence-corrected chi connectivity index (χ2v) is 6.62. The van der Waals surface area contributed by atoms with E-state index in [2.05, 4.69) is 5.32 Å². The lowest BCUT2D eigenvalue weighted by molar-refractivity contribution is -0.123. The van der Waals surface area contributed by atoms with Crippen molar-refractivity contribution in [2.45, 2.75) is 39.7 Å². The Morgan fingerprint density at radius 3 is 2.27 bits per heavy atom. The lowest BCUT2D eigenvalue weighted by Crippen LogP contribution is -2.46. The average Bonchev–Trinajstić information content (AvgIpc) is 2.47. The molecule has 0 aliphatic carbocycles. The summed E-state index contributed by atoms with van der Waals surface area (Å²) in [6.45, 7) is 8.38. The normalized spacial score (nSPS) is 14.1. The van der Waals surface area contributed by atoms with E-state index in [0.29, 0.717) is 6.54 Å². The first-order valence-corrected chi connectivity index (χ1v) is 7.48. The van der Waals surface area contributed by atoms with Crippen molar-refractivity contribution in [2.24, 2.45) is 17.1 Å². The molecule has 0 aliphatic rings. The highest BCUT2D eigenvalue weighted by Gasteiger charge is 2.31. The minimum atomic E-state index is -0.501. The second kappa shape index (κ2) is 9.13. The minimum absolute atomic E-state index is 0. The van der Waals surface area contributed by atoms with Crippen molar-refractivity contribution in [1.82, 2.24) is 5.32 Å².